The van der Waals surface area contributed by atoms with Crippen LogP contribution in [0, 0.1) is 0 Å². The van der Waals surface area contributed by atoms with Gasteiger partial charge < -0.3 is 14.8 Å². The van der Waals surface area contributed by atoms with E-state index in [1.165, 1.54) is 11.8 Å². The third-order valence-corrected chi connectivity index (χ3v) is 5.85. The van der Waals surface area contributed by atoms with Crippen molar-refractivity contribution in [1.82, 2.24) is 15.5 Å². The van der Waals surface area contributed by atoms with Crippen molar-refractivity contribution in [1.29, 1.82) is 0 Å². The van der Waals surface area contributed by atoms with Crippen molar-refractivity contribution in [3.8, 4) is 0 Å². The van der Waals surface area contributed by atoms with Gasteiger partial charge in [-0.2, -0.15) is 0 Å². The van der Waals surface area contributed by atoms with E-state index in [4.69, 9.17) is 9.47 Å². The van der Waals surface area contributed by atoms with E-state index in [1.54, 1.807) is 39.0 Å². The van der Waals surface area contributed by atoms with Crippen molar-refractivity contribution in [3.63, 3.8) is 0 Å². The maximum absolute atomic E-state index is 13.0. The first-order valence-electron chi connectivity index (χ1n) is 10.6. The molecule has 0 saturated carbocycles. The summed E-state index contributed by atoms with van der Waals surface area (Å²) >= 11 is 1.36. The molecule has 0 aliphatic carbocycles. The minimum absolute atomic E-state index is 0.0749. The van der Waals surface area contributed by atoms with Gasteiger partial charge in [0.15, 0.2) is 0 Å². The minimum atomic E-state index is -0.992. The molecule has 1 aromatic carbocycles. The second kappa shape index (κ2) is 10.3. The highest BCUT2D eigenvalue weighted by molar-refractivity contribution is 7.99. The average molecular weight is 478 g/mol. The van der Waals surface area contributed by atoms with Crippen molar-refractivity contribution in [2.75, 3.05) is 25.5 Å². The van der Waals surface area contributed by atoms with Crippen LogP contribution < -0.4 is 10.6 Å². The zero-order chi connectivity index (χ0) is 24.2. The number of benzene rings is 1. The first kappa shape index (κ1) is 24.7. The van der Waals surface area contributed by atoms with Gasteiger partial charge in [-0.25, -0.2) is 4.79 Å². The molecule has 1 fully saturated rings. The third-order valence-electron chi connectivity index (χ3n) is 4.83. The minimum Gasteiger partial charge on any atom is -0.444 e. The van der Waals surface area contributed by atoms with Crippen molar-refractivity contribution in [3.05, 3.63) is 29.3 Å². The summed E-state index contributed by atoms with van der Waals surface area (Å²) in [7, 11) is 0. The summed E-state index contributed by atoms with van der Waals surface area (Å²) in [6.45, 7) is 6.31. The summed E-state index contributed by atoms with van der Waals surface area (Å²) in [6.07, 6.45) is -0.320. The number of piperidine rings is 1. The van der Waals surface area contributed by atoms with Crippen LogP contribution in [0.15, 0.2) is 23.1 Å². The number of alkyl carbamates (subject to hydrolysis) is 1. The Morgan fingerprint density at radius 1 is 1.18 bits per heavy atom. The van der Waals surface area contributed by atoms with Crippen LogP contribution >= 0.6 is 11.8 Å². The van der Waals surface area contributed by atoms with Crippen LogP contribution in [0.4, 0.5) is 4.79 Å². The van der Waals surface area contributed by atoms with Gasteiger partial charge in [-0.05, 0) is 39.3 Å². The highest BCUT2D eigenvalue weighted by atomic mass is 32.2. The van der Waals surface area contributed by atoms with Crippen LogP contribution in [0.3, 0.4) is 0 Å². The number of hydrogen-bond donors (Lipinski definition) is 2. The van der Waals surface area contributed by atoms with E-state index in [0.29, 0.717) is 30.4 Å². The summed E-state index contributed by atoms with van der Waals surface area (Å²) in [5.74, 6) is -1.59. The summed E-state index contributed by atoms with van der Waals surface area (Å²) < 4.78 is 10.6. The molecule has 3 rings (SSSR count). The average Bonchev–Trinajstić information content (AvgIpc) is 2.97. The van der Waals surface area contributed by atoms with E-state index in [2.05, 4.69) is 10.6 Å². The van der Waals surface area contributed by atoms with Gasteiger partial charge in [0, 0.05) is 23.6 Å². The van der Waals surface area contributed by atoms with E-state index in [0.717, 1.165) is 4.90 Å². The molecule has 1 aromatic rings. The largest absolute Gasteiger partial charge is 0.444 e. The lowest BCUT2D eigenvalue weighted by molar-refractivity contribution is -0.136. The van der Waals surface area contributed by atoms with E-state index in [-0.39, 0.29) is 24.0 Å². The molecule has 11 heteroatoms. The third kappa shape index (κ3) is 6.11. The Morgan fingerprint density at radius 3 is 2.64 bits per heavy atom. The van der Waals surface area contributed by atoms with Crippen molar-refractivity contribution >= 4 is 41.5 Å². The SMILES string of the molecule is CC(C)(C)OC(=O)NCCOCCSc1cccc2c1C(=O)N(C1CCC(=O)NC1=O)C2=O. The number of ether oxygens (including phenoxy) is 2. The molecule has 0 radical (unpaired) electrons. The molecular weight excluding hydrogens is 450 g/mol. The van der Waals surface area contributed by atoms with E-state index in [1.807, 2.05) is 0 Å². The Balaban J connectivity index is 1.50. The summed E-state index contributed by atoms with van der Waals surface area (Å²) in [5, 5.41) is 4.79. The zero-order valence-corrected chi connectivity index (χ0v) is 19.6. The summed E-state index contributed by atoms with van der Waals surface area (Å²) in [5.41, 5.74) is -0.0506. The Hall–Kier alpha value is -2.92. The van der Waals surface area contributed by atoms with Gasteiger partial charge in [0.2, 0.25) is 11.8 Å². The lowest BCUT2D eigenvalue weighted by Gasteiger charge is -2.27. The molecular formula is C22H27N3O7S. The number of rotatable bonds is 8. The van der Waals surface area contributed by atoms with Gasteiger partial charge in [-0.1, -0.05) is 6.07 Å². The number of carbonyl (C=O) groups is 5. The Labute approximate surface area is 195 Å². The smallest absolute Gasteiger partial charge is 0.407 e. The number of hydrogen-bond acceptors (Lipinski definition) is 8. The Morgan fingerprint density at radius 2 is 1.94 bits per heavy atom. The lowest BCUT2D eigenvalue weighted by atomic mass is 10.0. The Bertz CT molecular complexity index is 973. The van der Waals surface area contributed by atoms with Crippen molar-refractivity contribution < 1.29 is 33.4 Å². The molecule has 1 saturated heterocycles. The molecule has 2 N–H and O–H groups in total. The molecule has 2 aliphatic heterocycles. The van der Waals surface area contributed by atoms with Gasteiger partial charge in [-0.15, -0.1) is 11.8 Å². The normalized spacial score (nSPS) is 18.3. The molecule has 33 heavy (non-hydrogen) atoms. The number of nitrogens with one attached hydrogen (secondary N) is 2. The van der Waals surface area contributed by atoms with E-state index < -0.39 is 41.4 Å². The molecule has 1 atom stereocenters. The first-order valence-corrected chi connectivity index (χ1v) is 11.6. The molecule has 0 spiro atoms. The summed E-state index contributed by atoms with van der Waals surface area (Å²) in [6, 6.07) is 4.00. The maximum Gasteiger partial charge on any atom is 0.407 e. The number of nitrogens with zero attached hydrogens (tertiary/aromatic N) is 1. The fraction of sp³-hybridized carbons (Fsp3) is 0.500. The van der Waals surface area contributed by atoms with Crippen LogP contribution in [0.1, 0.15) is 54.3 Å². The second-order valence-corrected chi connectivity index (χ2v) is 9.65. The van der Waals surface area contributed by atoms with Crippen LogP contribution in [0.5, 0.6) is 0 Å². The monoisotopic (exact) mass is 477 g/mol. The zero-order valence-electron chi connectivity index (χ0n) is 18.8. The topological polar surface area (TPSA) is 131 Å². The predicted octanol–water partition coefficient (Wildman–Crippen LogP) is 1.72. The molecule has 0 bridgehead atoms. The fourth-order valence-corrected chi connectivity index (χ4v) is 4.39. The number of carbonyl (C=O) groups excluding carboxylic acids is 5. The molecule has 0 aromatic heterocycles. The molecule has 2 aliphatic rings. The number of thioether (sulfide) groups is 1. The number of fused-ring (bicyclic) bond motifs is 1. The molecule has 178 valence electrons. The second-order valence-electron chi connectivity index (χ2n) is 8.52. The van der Waals surface area contributed by atoms with Gasteiger partial charge in [0.1, 0.15) is 11.6 Å². The first-order chi connectivity index (χ1) is 15.6. The summed E-state index contributed by atoms with van der Waals surface area (Å²) in [4.78, 5) is 62.6. The molecule has 10 nitrogen and oxygen atoms in total. The van der Waals surface area contributed by atoms with Crippen molar-refractivity contribution in [2.24, 2.45) is 0 Å². The van der Waals surface area contributed by atoms with Crippen LogP contribution in [-0.4, -0.2) is 71.8 Å². The highest BCUT2D eigenvalue weighted by Gasteiger charge is 2.45. The predicted molar refractivity (Wildman–Crippen MR) is 119 cm³/mol. The van der Waals surface area contributed by atoms with Crippen LogP contribution in [-0.2, 0) is 19.1 Å². The van der Waals surface area contributed by atoms with E-state index >= 15 is 0 Å². The quantitative estimate of drug-likeness (QED) is 0.329. The lowest BCUT2D eigenvalue weighted by Crippen LogP contribution is -2.54. The number of imide groups is 2. The van der Waals surface area contributed by atoms with Crippen molar-refractivity contribution in [2.45, 2.75) is 50.2 Å². The standard InChI is InChI=1S/C22H27N3O7S/c1-22(2,3)32-21(30)23-9-10-31-11-12-33-15-6-4-5-13-17(15)20(29)25(19(13)28)14-7-8-16(26)24-18(14)27/h4-6,14H,7-12H2,1-3H3,(H,23,30)(H,24,26,27). The van der Waals surface area contributed by atoms with Gasteiger partial charge in [-0.3, -0.25) is 29.4 Å². The van der Waals surface area contributed by atoms with Crippen LogP contribution in [0.25, 0.3) is 0 Å². The highest BCUT2D eigenvalue weighted by Crippen LogP contribution is 2.34. The molecule has 5 amide bonds. The van der Waals surface area contributed by atoms with Crippen LogP contribution in [0.2, 0.25) is 0 Å². The Kier molecular flexibility index (Phi) is 7.75. The number of amides is 5. The molecule has 1 unspecified atom stereocenters. The van der Waals surface area contributed by atoms with Gasteiger partial charge >= 0.3 is 6.09 Å². The van der Waals surface area contributed by atoms with Gasteiger partial charge in [0.05, 0.1) is 24.3 Å². The molecule has 2 heterocycles. The maximum atomic E-state index is 13.0. The van der Waals surface area contributed by atoms with E-state index in [9.17, 15) is 24.0 Å². The van der Waals surface area contributed by atoms with Gasteiger partial charge in [0.25, 0.3) is 11.8 Å². The fourth-order valence-electron chi connectivity index (χ4n) is 3.46.